The highest BCUT2D eigenvalue weighted by Crippen LogP contribution is 2.17. The molecule has 2 amide bonds. The number of rotatable bonds is 6. The zero-order valence-corrected chi connectivity index (χ0v) is 12.1. The van der Waals surface area contributed by atoms with Crippen molar-refractivity contribution in [2.75, 3.05) is 23.4 Å². The highest BCUT2D eigenvalue weighted by atomic mass is 32.2. The molecule has 19 heavy (non-hydrogen) atoms. The Bertz CT molecular complexity index is 468. The highest BCUT2D eigenvalue weighted by Gasteiger charge is 2.06. The minimum absolute atomic E-state index is 0.198. The van der Waals surface area contributed by atoms with Crippen LogP contribution in [-0.4, -0.2) is 24.1 Å². The number of anilines is 1. The van der Waals surface area contributed by atoms with Gasteiger partial charge in [-0.3, -0.25) is 0 Å². The molecule has 0 aliphatic heterocycles. The highest BCUT2D eigenvalue weighted by molar-refractivity contribution is 7.99. The number of hydrogen-bond donors (Lipinski definition) is 2. The molecule has 5 heteroatoms. The van der Waals surface area contributed by atoms with Crippen molar-refractivity contribution < 1.29 is 4.79 Å². The van der Waals surface area contributed by atoms with Gasteiger partial charge < -0.3 is 10.6 Å². The maximum absolute atomic E-state index is 11.7. The number of urea groups is 1. The third kappa shape index (κ3) is 5.23. The van der Waals surface area contributed by atoms with E-state index in [1.165, 1.54) is 0 Å². The lowest BCUT2D eigenvalue weighted by molar-refractivity contribution is 0.252. The molecule has 0 unspecified atom stereocenters. The van der Waals surface area contributed by atoms with Crippen LogP contribution in [0.3, 0.4) is 0 Å². The average Bonchev–Trinajstić information content (AvgIpc) is 2.44. The van der Waals surface area contributed by atoms with Gasteiger partial charge in [-0.15, -0.1) is 0 Å². The smallest absolute Gasteiger partial charge is 0.319 e. The Hall–Kier alpha value is -1.67. The number of thioether (sulfide) groups is 1. The quantitative estimate of drug-likeness (QED) is 0.786. The summed E-state index contributed by atoms with van der Waals surface area (Å²) in [6.07, 6.45) is 0.775. The van der Waals surface area contributed by atoms with Crippen LogP contribution in [-0.2, 0) is 6.42 Å². The van der Waals surface area contributed by atoms with Gasteiger partial charge >= 0.3 is 6.03 Å². The first-order valence-corrected chi connectivity index (χ1v) is 7.52. The molecule has 0 fully saturated rings. The van der Waals surface area contributed by atoms with Gasteiger partial charge in [0, 0.05) is 18.0 Å². The van der Waals surface area contributed by atoms with Gasteiger partial charge in [-0.05, 0) is 35.9 Å². The number of hydrogen-bond acceptors (Lipinski definition) is 3. The van der Waals surface area contributed by atoms with Crippen LogP contribution < -0.4 is 10.6 Å². The van der Waals surface area contributed by atoms with E-state index in [2.05, 4.69) is 23.6 Å². The van der Waals surface area contributed by atoms with Crippen LogP contribution in [0.15, 0.2) is 18.2 Å². The number of carbonyl (C=O) groups is 1. The van der Waals surface area contributed by atoms with E-state index in [0.29, 0.717) is 12.1 Å². The predicted octanol–water partition coefficient (Wildman–Crippen LogP) is 3.00. The Kier molecular flexibility index (Phi) is 6.83. The van der Waals surface area contributed by atoms with E-state index in [0.717, 1.165) is 29.2 Å². The maximum Gasteiger partial charge on any atom is 0.319 e. The first-order chi connectivity index (χ1) is 9.21. The second-order valence-electron chi connectivity index (χ2n) is 3.92. The third-order valence-electron chi connectivity index (χ3n) is 2.60. The first-order valence-electron chi connectivity index (χ1n) is 6.36. The summed E-state index contributed by atoms with van der Waals surface area (Å²) in [5, 5.41) is 14.5. The summed E-state index contributed by atoms with van der Waals surface area (Å²) in [5.74, 6) is 1.97. The fourth-order valence-corrected chi connectivity index (χ4v) is 2.16. The van der Waals surface area contributed by atoms with E-state index < -0.39 is 0 Å². The summed E-state index contributed by atoms with van der Waals surface area (Å²) < 4.78 is 0. The summed E-state index contributed by atoms with van der Waals surface area (Å²) in [6, 6.07) is 7.20. The van der Waals surface area contributed by atoms with Crippen molar-refractivity contribution >= 4 is 23.5 Å². The van der Waals surface area contributed by atoms with E-state index in [1.807, 2.05) is 13.0 Å². The molecule has 0 aliphatic carbocycles. The molecule has 0 atom stereocenters. The Labute approximate surface area is 118 Å². The molecule has 1 rings (SSSR count). The van der Waals surface area contributed by atoms with Gasteiger partial charge in [-0.1, -0.05) is 13.8 Å². The molecule has 0 aromatic heterocycles. The normalized spacial score (nSPS) is 9.74. The largest absolute Gasteiger partial charge is 0.337 e. The Morgan fingerprint density at radius 2 is 2.21 bits per heavy atom. The summed E-state index contributed by atoms with van der Waals surface area (Å²) >= 11 is 1.79. The second-order valence-corrected chi connectivity index (χ2v) is 5.31. The molecular formula is C14H19N3OS. The van der Waals surface area contributed by atoms with Gasteiger partial charge in [0.25, 0.3) is 0 Å². The summed E-state index contributed by atoms with van der Waals surface area (Å²) in [7, 11) is 0. The van der Waals surface area contributed by atoms with Crippen molar-refractivity contribution in [1.82, 2.24) is 5.32 Å². The second kappa shape index (κ2) is 8.44. The van der Waals surface area contributed by atoms with Gasteiger partial charge in [-0.25, -0.2) is 4.79 Å². The molecule has 1 aromatic carbocycles. The van der Waals surface area contributed by atoms with Crippen LogP contribution in [0.1, 0.15) is 25.0 Å². The van der Waals surface area contributed by atoms with Crippen molar-refractivity contribution in [2.45, 2.75) is 20.3 Å². The topological polar surface area (TPSA) is 64.9 Å². The predicted molar refractivity (Wildman–Crippen MR) is 80.6 cm³/mol. The number of carbonyl (C=O) groups excluding carboxylic acids is 1. The van der Waals surface area contributed by atoms with Crippen LogP contribution in [0.5, 0.6) is 0 Å². The Morgan fingerprint density at radius 3 is 2.84 bits per heavy atom. The molecule has 0 radical (unpaired) electrons. The van der Waals surface area contributed by atoms with E-state index in [1.54, 1.807) is 23.9 Å². The molecule has 0 spiro atoms. The molecule has 1 aromatic rings. The van der Waals surface area contributed by atoms with Crippen LogP contribution in [0.4, 0.5) is 10.5 Å². The number of benzene rings is 1. The van der Waals surface area contributed by atoms with Crippen molar-refractivity contribution in [1.29, 1.82) is 5.26 Å². The molecule has 102 valence electrons. The number of nitriles is 1. The molecule has 0 aliphatic rings. The zero-order valence-electron chi connectivity index (χ0n) is 11.3. The molecule has 0 heterocycles. The lowest BCUT2D eigenvalue weighted by Gasteiger charge is -2.11. The summed E-state index contributed by atoms with van der Waals surface area (Å²) in [5.41, 5.74) is 2.35. The molecule has 2 N–H and O–H groups in total. The summed E-state index contributed by atoms with van der Waals surface area (Å²) in [4.78, 5) is 11.7. The minimum atomic E-state index is -0.198. The number of nitrogens with zero attached hydrogens (tertiary/aromatic N) is 1. The fourth-order valence-electron chi connectivity index (χ4n) is 1.63. The van der Waals surface area contributed by atoms with Crippen LogP contribution >= 0.6 is 11.8 Å². The van der Waals surface area contributed by atoms with Crippen LogP contribution in [0.2, 0.25) is 0 Å². The first kappa shape index (κ1) is 15.4. The Morgan fingerprint density at radius 1 is 1.42 bits per heavy atom. The van der Waals surface area contributed by atoms with E-state index in [9.17, 15) is 4.79 Å². The van der Waals surface area contributed by atoms with Crippen molar-refractivity contribution in [3.63, 3.8) is 0 Å². The molecular weight excluding hydrogens is 258 g/mol. The lowest BCUT2D eigenvalue weighted by Crippen LogP contribution is -2.30. The Balaban J connectivity index is 2.56. The van der Waals surface area contributed by atoms with Crippen LogP contribution in [0, 0.1) is 11.3 Å². The standard InChI is InChI=1S/C14H19N3OS/c1-3-12-9-11(10-15)5-6-13(12)17-14(18)16-7-8-19-4-2/h5-6,9H,3-4,7-8H2,1-2H3,(H2,16,17,18). The third-order valence-corrected chi connectivity index (χ3v) is 3.50. The van der Waals surface area contributed by atoms with Crippen molar-refractivity contribution in [3.05, 3.63) is 29.3 Å². The molecule has 0 saturated carbocycles. The van der Waals surface area contributed by atoms with Gasteiger partial charge in [0.15, 0.2) is 0 Å². The van der Waals surface area contributed by atoms with Crippen molar-refractivity contribution in [2.24, 2.45) is 0 Å². The van der Waals surface area contributed by atoms with Crippen LogP contribution in [0.25, 0.3) is 0 Å². The molecule has 0 saturated heterocycles. The SMILES string of the molecule is CCSCCNC(=O)Nc1ccc(C#N)cc1CC. The average molecular weight is 277 g/mol. The van der Waals surface area contributed by atoms with E-state index in [4.69, 9.17) is 5.26 Å². The van der Waals surface area contributed by atoms with E-state index in [-0.39, 0.29) is 6.03 Å². The monoisotopic (exact) mass is 277 g/mol. The van der Waals surface area contributed by atoms with Gasteiger partial charge in [0.05, 0.1) is 11.6 Å². The molecule has 0 bridgehead atoms. The molecule has 4 nitrogen and oxygen atoms in total. The number of nitrogens with one attached hydrogen (secondary N) is 2. The maximum atomic E-state index is 11.7. The number of amides is 2. The van der Waals surface area contributed by atoms with Gasteiger partial charge in [-0.2, -0.15) is 17.0 Å². The van der Waals surface area contributed by atoms with Gasteiger partial charge in [0.2, 0.25) is 0 Å². The van der Waals surface area contributed by atoms with E-state index >= 15 is 0 Å². The zero-order chi connectivity index (χ0) is 14.1. The summed E-state index contributed by atoms with van der Waals surface area (Å²) in [6.45, 7) is 4.74. The van der Waals surface area contributed by atoms with Gasteiger partial charge in [0.1, 0.15) is 0 Å². The minimum Gasteiger partial charge on any atom is -0.337 e. The number of aryl methyl sites for hydroxylation is 1. The lowest BCUT2D eigenvalue weighted by atomic mass is 10.1. The fraction of sp³-hybridized carbons (Fsp3) is 0.429. The van der Waals surface area contributed by atoms with Crippen molar-refractivity contribution in [3.8, 4) is 6.07 Å².